The fraction of sp³-hybridized carbons (Fsp3) is 0.353. The van der Waals surface area contributed by atoms with Gasteiger partial charge in [-0.05, 0) is 38.0 Å². The van der Waals surface area contributed by atoms with Crippen LogP contribution in [0.4, 0.5) is 5.82 Å². The van der Waals surface area contributed by atoms with Crippen LogP contribution in [0, 0.1) is 6.92 Å². The van der Waals surface area contributed by atoms with Gasteiger partial charge in [-0.1, -0.05) is 0 Å². The van der Waals surface area contributed by atoms with Crippen molar-refractivity contribution in [3.63, 3.8) is 0 Å². The number of fused-ring (bicyclic) bond motifs is 1. The fourth-order valence-corrected chi connectivity index (χ4v) is 3.50. The normalized spacial score (nSPS) is 14.2. The van der Waals surface area contributed by atoms with Gasteiger partial charge in [-0.15, -0.1) is 0 Å². The lowest BCUT2D eigenvalue weighted by Crippen LogP contribution is -2.25. The number of anilines is 1. The number of nitrogens with one attached hydrogen (secondary N) is 1. The molecule has 3 aromatic rings. The monoisotopic (exact) mass is 354 g/mol. The van der Waals surface area contributed by atoms with Crippen LogP contribution in [0.1, 0.15) is 34.7 Å². The summed E-state index contributed by atoms with van der Waals surface area (Å²) in [4.78, 5) is 23.7. The number of nitrogens with zero attached hydrogens (tertiary/aromatic N) is 5. The Labute approximate surface area is 149 Å². The van der Waals surface area contributed by atoms with Crippen molar-refractivity contribution in [1.29, 1.82) is 0 Å². The average molecular weight is 354 g/mol. The highest BCUT2D eigenvalue weighted by Crippen LogP contribution is 2.18. The summed E-state index contributed by atoms with van der Waals surface area (Å²) in [6.45, 7) is 4.32. The van der Waals surface area contributed by atoms with Gasteiger partial charge in [0.2, 0.25) is 0 Å². The zero-order valence-electron chi connectivity index (χ0n) is 13.9. The van der Waals surface area contributed by atoms with Gasteiger partial charge >= 0.3 is 0 Å². The second-order valence-corrected chi connectivity index (χ2v) is 6.66. The van der Waals surface area contributed by atoms with E-state index in [4.69, 9.17) is 0 Å². The average Bonchev–Trinajstić information content (AvgIpc) is 3.29. The lowest BCUT2D eigenvalue weighted by Gasteiger charge is -2.17. The first-order chi connectivity index (χ1) is 12.2. The molecule has 0 bridgehead atoms. The fourth-order valence-electron chi connectivity index (χ4n) is 2.98. The Morgan fingerprint density at radius 1 is 1.16 bits per heavy atom. The maximum atomic E-state index is 12.4. The number of amides is 1. The molecule has 2 aromatic heterocycles. The molecule has 7 nitrogen and oxygen atoms in total. The van der Waals surface area contributed by atoms with Crippen LogP contribution in [0.15, 0.2) is 24.3 Å². The molecule has 0 unspecified atom stereocenters. The Balaban J connectivity index is 1.47. The Hall–Kier alpha value is -2.61. The predicted molar refractivity (Wildman–Crippen MR) is 96.8 cm³/mol. The number of rotatable bonds is 4. The van der Waals surface area contributed by atoms with Crippen LogP contribution in [0.5, 0.6) is 0 Å². The number of benzene rings is 1. The molecule has 1 aliphatic rings. The van der Waals surface area contributed by atoms with Gasteiger partial charge in [-0.25, -0.2) is 9.97 Å². The summed E-state index contributed by atoms with van der Waals surface area (Å²) in [5.41, 5.74) is 3.02. The highest BCUT2D eigenvalue weighted by molar-refractivity contribution is 7.00. The smallest absolute Gasteiger partial charge is 0.251 e. The first-order valence-corrected chi connectivity index (χ1v) is 9.02. The van der Waals surface area contributed by atoms with Crippen LogP contribution in [-0.4, -0.2) is 37.7 Å². The summed E-state index contributed by atoms with van der Waals surface area (Å²) in [5, 5.41) is 2.89. The van der Waals surface area contributed by atoms with Crippen molar-refractivity contribution in [3.8, 4) is 0 Å². The molecule has 0 radical (unpaired) electrons. The second-order valence-electron chi connectivity index (χ2n) is 6.13. The Bertz CT molecular complexity index is 918. The molecule has 0 spiro atoms. The van der Waals surface area contributed by atoms with E-state index >= 15 is 0 Å². The van der Waals surface area contributed by atoms with Gasteiger partial charge in [-0.2, -0.15) is 8.75 Å². The lowest BCUT2D eigenvalue weighted by molar-refractivity contribution is 0.0950. The van der Waals surface area contributed by atoms with Crippen molar-refractivity contribution in [2.45, 2.75) is 26.3 Å². The third-order valence-corrected chi connectivity index (χ3v) is 4.80. The summed E-state index contributed by atoms with van der Waals surface area (Å²) in [7, 11) is 0. The topological polar surface area (TPSA) is 83.9 Å². The van der Waals surface area contributed by atoms with Crippen LogP contribution in [0.2, 0.25) is 0 Å². The maximum absolute atomic E-state index is 12.4. The van der Waals surface area contributed by atoms with Crippen LogP contribution in [0.25, 0.3) is 11.0 Å². The zero-order valence-corrected chi connectivity index (χ0v) is 14.7. The number of hydrogen-bond acceptors (Lipinski definition) is 7. The van der Waals surface area contributed by atoms with Gasteiger partial charge in [0.15, 0.2) is 0 Å². The first-order valence-electron chi connectivity index (χ1n) is 8.29. The summed E-state index contributed by atoms with van der Waals surface area (Å²) in [5.74, 6) is 1.42. The molecule has 25 heavy (non-hydrogen) atoms. The van der Waals surface area contributed by atoms with Crippen LogP contribution in [-0.2, 0) is 6.54 Å². The maximum Gasteiger partial charge on any atom is 0.251 e. The van der Waals surface area contributed by atoms with E-state index in [1.165, 1.54) is 12.8 Å². The molecule has 1 aliphatic heterocycles. The van der Waals surface area contributed by atoms with Gasteiger partial charge in [0.25, 0.3) is 5.91 Å². The van der Waals surface area contributed by atoms with Gasteiger partial charge in [-0.3, -0.25) is 4.79 Å². The second kappa shape index (κ2) is 6.72. The Morgan fingerprint density at radius 3 is 2.80 bits per heavy atom. The van der Waals surface area contributed by atoms with Crippen LogP contribution < -0.4 is 10.2 Å². The molecule has 0 saturated carbocycles. The summed E-state index contributed by atoms with van der Waals surface area (Å²) >= 11 is 1.14. The lowest BCUT2D eigenvalue weighted by atomic mass is 10.2. The van der Waals surface area contributed by atoms with Crippen molar-refractivity contribution in [1.82, 2.24) is 24.0 Å². The van der Waals surface area contributed by atoms with E-state index in [9.17, 15) is 4.79 Å². The van der Waals surface area contributed by atoms with Crippen molar-refractivity contribution in [2.75, 3.05) is 18.0 Å². The van der Waals surface area contributed by atoms with E-state index in [1.807, 2.05) is 19.1 Å². The molecular formula is C17H18N6OS. The summed E-state index contributed by atoms with van der Waals surface area (Å²) < 4.78 is 8.31. The standard InChI is InChI=1S/C17H18N6OS/c1-11-8-16(23-6-2-3-7-23)20-15(19-11)10-18-17(24)12-4-5-13-14(9-12)22-25-21-13/h4-5,8-9H,2-3,6-7,10H2,1H3,(H,18,24). The SMILES string of the molecule is Cc1cc(N2CCCC2)nc(CNC(=O)c2ccc3nsnc3c2)n1. The van der Waals surface area contributed by atoms with E-state index in [0.29, 0.717) is 17.9 Å². The van der Waals surface area contributed by atoms with E-state index in [2.05, 4.69) is 28.9 Å². The van der Waals surface area contributed by atoms with Crippen LogP contribution >= 0.6 is 11.7 Å². The highest BCUT2D eigenvalue weighted by Gasteiger charge is 2.15. The minimum absolute atomic E-state index is 0.164. The minimum Gasteiger partial charge on any atom is -0.357 e. The van der Waals surface area contributed by atoms with Crippen LogP contribution in [0.3, 0.4) is 0 Å². The van der Waals surface area contributed by atoms with E-state index in [-0.39, 0.29) is 5.91 Å². The van der Waals surface area contributed by atoms with Crippen molar-refractivity contribution in [2.24, 2.45) is 0 Å². The predicted octanol–water partition coefficient (Wildman–Crippen LogP) is 2.32. The molecular weight excluding hydrogens is 336 g/mol. The van der Waals surface area contributed by atoms with Gasteiger partial charge in [0.05, 0.1) is 18.3 Å². The van der Waals surface area contributed by atoms with Gasteiger partial charge in [0, 0.05) is 30.4 Å². The van der Waals surface area contributed by atoms with Gasteiger partial charge in [0.1, 0.15) is 22.7 Å². The molecule has 1 N–H and O–H groups in total. The zero-order chi connectivity index (χ0) is 17.2. The van der Waals surface area contributed by atoms with E-state index < -0.39 is 0 Å². The van der Waals surface area contributed by atoms with Crippen molar-refractivity contribution >= 4 is 34.5 Å². The molecule has 1 fully saturated rings. The number of hydrogen-bond donors (Lipinski definition) is 1. The first kappa shape index (κ1) is 15.9. The Kier molecular flexibility index (Phi) is 4.27. The Morgan fingerprint density at radius 2 is 1.96 bits per heavy atom. The number of aromatic nitrogens is 4. The number of carbonyl (C=O) groups excluding carboxylic acids is 1. The molecule has 1 aromatic carbocycles. The number of carbonyl (C=O) groups is 1. The molecule has 4 rings (SSSR count). The molecule has 128 valence electrons. The molecule has 3 heterocycles. The molecule has 8 heteroatoms. The molecule has 1 amide bonds. The summed E-state index contributed by atoms with van der Waals surface area (Å²) in [6.07, 6.45) is 2.39. The summed E-state index contributed by atoms with van der Waals surface area (Å²) in [6, 6.07) is 7.31. The molecule has 1 saturated heterocycles. The number of aryl methyl sites for hydroxylation is 1. The molecule has 0 atom stereocenters. The molecule has 0 aliphatic carbocycles. The van der Waals surface area contributed by atoms with Crippen molar-refractivity contribution < 1.29 is 4.79 Å². The van der Waals surface area contributed by atoms with E-state index in [0.717, 1.165) is 47.4 Å². The van der Waals surface area contributed by atoms with Crippen molar-refractivity contribution in [3.05, 3.63) is 41.3 Å². The third-order valence-electron chi connectivity index (χ3n) is 4.24. The quantitative estimate of drug-likeness (QED) is 0.774. The van der Waals surface area contributed by atoms with E-state index in [1.54, 1.807) is 12.1 Å². The largest absolute Gasteiger partial charge is 0.357 e. The third kappa shape index (κ3) is 3.43. The minimum atomic E-state index is -0.164. The highest BCUT2D eigenvalue weighted by atomic mass is 32.1. The van der Waals surface area contributed by atoms with Gasteiger partial charge < -0.3 is 10.2 Å².